The summed E-state index contributed by atoms with van der Waals surface area (Å²) in [5, 5.41) is 14.1. The van der Waals surface area contributed by atoms with E-state index >= 15 is 0 Å². The number of carbonyl (C=O) groups excluding carboxylic acids is 1. The molecule has 0 spiro atoms. The molecule has 2 aromatic carbocycles. The number of anilines is 1. The number of nitrogens with zero attached hydrogens (tertiary/aromatic N) is 3. The van der Waals surface area contributed by atoms with Crippen molar-refractivity contribution in [3.8, 4) is 6.07 Å². The third-order valence-electron chi connectivity index (χ3n) is 4.55. The number of hydrazone groups is 1. The summed E-state index contributed by atoms with van der Waals surface area (Å²) in [6.45, 7) is 3.11. The first-order valence-electron chi connectivity index (χ1n) is 9.11. The van der Waals surface area contributed by atoms with Gasteiger partial charge >= 0.3 is 0 Å². The summed E-state index contributed by atoms with van der Waals surface area (Å²) in [7, 11) is 0. The molecule has 2 aromatic rings. The van der Waals surface area contributed by atoms with E-state index in [-0.39, 0.29) is 5.71 Å². The average molecular weight is 415 g/mol. The van der Waals surface area contributed by atoms with Crippen LogP contribution < -0.4 is 5.43 Å². The van der Waals surface area contributed by atoms with Crippen molar-refractivity contribution in [3.05, 3.63) is 63.6 Å². The van der Waals surface area contributed by atoms with E-state index < -0.39 is 5.78 Å². The van der Waals surface area contributed by atoms with Crippen molar-refractivity contribution in [2.24, 2.45) is 5.10 Å². The minimum absolute atomic E-state index is 0.236. The van der Waals surface area contributed by atoms with E-state index in [1.165, 1.54) is 19.3 Å². The molecular weight excluding hydrogens is 395 g/mol. The van der Waals surface area contributed by atoms with Crippen LogP contribution >= 0.6 is 23.2 Å². The maximum Gasteiger partial charge on any atom is 0.223 e. The summed E-state index contributed by atoms with van der Waals surface area (Å²) in [5.74, 6) is -0.437. The Morgan fingerprint density at radius 3 is 2.32 bits per heavy atom. The van der Waals surface area contributed by atoms with Crippen LogP contribution in [0.3, 0.4) is 0 Å². The molecule has 0 saturated carbocycles. The molecule has 1 saturated heterocycles. The molecule has 0 aliphatic carbocycles. The number of Topliss-reactive ketones (excluding diaryl/α,β-unsaturated/α-hetero) is 1. The highest BCUT2D eigenvalue weighted by molar-refractivity contribution is 6.51. The lowest BCUT2D eigenvalue weighted by Gasteiger charge is -2.26. The normalized spacial score (nSPS) is 15.1. The van der Waals surface area contributed by atoms with Crippen LogP contribution in [0.25, 0.3) is 0 Å². The number of nitriles is 1. The summed E-state index contributed by atoms with van der Waals surface area (Å²) in [6.07, 6.45) is 3.78. The van der Waals surface area contributed by atoms with Crippen LogP contribution in [-0.4, -0.2) is 29.5 Å². The van der Waals surface area contributed by atoms with Crippen LogP contribution in [0.5, 0.6) is 0 Å². The fourth-order valence-corrected chi connectivity index (χ4v) is 3.67. The number of ketones is 1. The van der Waals surface area contributed by atoms with Crippen molar-refractivity contribution in [1.29, 1.82) is 5.26 Å². The predicted octanol–water partition coefficient (Wildman–Crippen LogP) is 5.15. The van der Waals surface area contributed by atoms with Gasteiger partial charge in [-0.3, -0.25) is 15.1 Å². The first-order valence-corrected chi connectivity index (χ1v) is 9.86. The van der Waals surface area contributed by atoms with E-state index in [2.05, 4.69) is 15.4 Å². The van der Waals surface area contributed by atoms with Crippen LogP contribution in [0.1, 0.15) is 35.2 Å². The molecule has 0 radical (unpaired) electrons. The third-order valence-corrected chi connectivity index (χ3v) is 4.99. The van der Waals surface area contributed by atoms with Crippen LogP contribution in [0, 0.1) is 11.3 Å². The van der Waals surface area contributed by atoms with Gasteiger partial charge in [0.2, 0.25) is 11.5 Å². The summed E-state index contributed by atoms with van der Waals surface area (Å²) >= 11 is 11.9. The van der Waals surface area contributed by atoms with Crippen molar-refractivity contribution >= 4 is 40.4 Å². The van der Waals surface area contributed by atoms with Gasteiger partial charge in [-0.1, -0.05) is 53.9 Å². The molecule has 1 aliphatic heterocycles. The lowest BCUT2D eigenvalue weighted by atomic mass is 10.0. The van der Waals surface area contributed by atoms with Gasteiger partial charge in [-0.15, -0.1) is 0 Å². The van der Waals surface area contributed by atoms with Crippen molar-refractivity contribution in [2.45, 2.75) is 25.8 Å². The Morgan fingerprint density at radius 1 is 1.07 bits per heavy atom. The monoisotopic (exact) mass is 414 g/mol. The molecule has 1 aliphatic rings. The zero-order valence-electron chi connectivity index (χ0n) is 15.3. The standard InChI is InChI=1S/C21H20Cl2N4O/c22-17-10-18(23)12-19(11-17)25-26-20(13-24)21(28)16-6-4-15(5-7-16)14-27-8-2-1-3-9-27/h4-7,10-12,25H,1-3,8-9,14H2/b26-20+. The summed E-state index contributed by atoms with van der Waals surface area (Å²) in [6, 6.07) is 14.0. The highest BCUT2D eigenvalue weighted by Crippen LogP contribution is 2.22. The number of piperidine rings is 1. The quantitative estimate of drug-likeness (QED) is 0.402. The molecule has 0 unspecified atom stereocenters. The summed E-state index contributed by atoms with van der Waals surface area (Å²) in [4.78, 5) is 15.0. The average Bonchev–Trinajstić information content (AvgIpc) is 2.69. The molecule has 144 valence electrons. The van der Waals surface area contributed by atoms with Gasteiger partial charge in [0, 0.05) is 22.2 Å². The zero-order chi connectivity index (χ0) is 19.9. The number of carbonyl (C=O) groups is 1. The van der Waals surface area contributed by atoms with Crippen molar-refractivity contribution in [2.75, 3.05) is 18.5 Å². The van der Waals surface area contributed by atoms with Gasteiger partial charge in [-0.05, 0) is 49.7 Å². The Morgan fingerprint density at radius 2 is 1.71 bits per heavy atom. The molecule has 1 heterocycles. The topological polar surface area (TPSA) is 68.5 Å². The summed E-state index contributed by atoms with van der Waals surface area (Å²) < 4.78 is 0. The van der Waals surface area contributed by atoms with Gasteiger partial charge in [0.1, 0.15) is 6.07 Å². The molecule has 1 N–H and O–H groups in total. The Balaban J connectivity index is 1.67. The molecule has 3 rings (SSSR count). The number of halogens is 2. The maximum absolute atomic E-state index is 12.6. The van der Waals surface area contributed by atoms with Crippen molar-refractivity contribution in [3.63, 3.8) is 0 Å². The molecule has 0 bridgehead atoms. The number of hydrogen-bond donors (Lipinski definition) is 1. The lowest BCUT2D eigenvalue weighted by molar-refractivity contribution is 0.106. The van der Waals surface area contributed by atoms with E-state index in [4.69, 9.17) is 23.2 Å². The van der Waals surface area contributed by atoms with E-state index in [1.54, 1.807) is 30.3 Å². The Labute approximate surface area is 174 Å². The Kier molecular flexibility index (Phi) is 7.05. The maximum atomic E-state index is 12.6. The van der Waals surface area contributed by atoms with Gasteiger partial charge in [0.15, 0.2) is 0 Å². The van der Waals surface area contributed by atoms with E-state index in [9.17, 15) is 10.1 Å². The minimum atomic E-state index is -0.437. The highest BCUT2D eigenvalue weighted by atomic mass is 35.5. The number of nitrogens with one attached hydrogen (secondary N) is 1. The van der Waals surface area contributed by atoms with Gasteiger partial charge in [-0.25, -0.2) is 0 Å². The number of hydrogen-bond acceptors (Lipinski definition) is 5. The number of likely N-dealkylation sites (tertiary alicyclic amines) is 1. The molecule has 0 amide bonds. The molecular formula is C21H20Cl2N4O. The van der Waals surface area contributed by atoms with Gasteiger partial charge < -0.3 is 0 Å². The van der Waals surface area contributed by atoms with E-state index in [1.807, 2.05) is 18.2 Å². The van der Waals surface area contributed by atoms with Gasteiger partial charge in [0.05, 0.1) is 5.69 Å². The Bertz CT molecular complexity index is 893. The molecule has 28 heavy (non-hydrogen) atoms. The molecule has 5 nitrogen and oxygen atoms in total. The third kappa shape index (κ3) is 5.56. The second-order valence-electron chi connectivity index (χ2n) is 6.70. The predicted molar refractivity (Wildman–Crippen MR) is 113 cm³/mol. The second kappa shape index (κ2) is 9.70. The van der Waals surface area contributed by atoms with Crippen LogP contribution in [-0.2, 0) is 6.54 Å². The molecule has 0 atom stereocenters. The van der Waals surface area contributed by atoms with E-state index in [0.29, 0.717) is 21.3 Å². The summed E-state index contributed by atoms with van der Waals surface area (Å²) in [5.41, 5.74) is 4.50. The van der Waals surface area contributed by atoms with E-state index in [0.717, 1.165) is 25.2 Å². The molecule has 7 heteroatoms. The lowest BCUT2D eigenvalue weighted by Crippen LogP contribution is -2.29. The zero-order valence-corrected chi connectivity index (χ0v) is 16.8. The molecule has 0 aromatic heterocycles. The SMILES string of the molecule is N#C/C(=N\Nc1cc(Cl)cc(Cl)c1)C(=O)c1ccc(CN2CCCCC2)cc1. The van der Waals surface area contributed by atoms with Crippen molar-refractivity contribution < 1.29 is 4.79 Å². The first kappa shape index (κ1) is 20.3. The molecule has 1 fully saturated rings. The van der Waals surface area contributed by atoms with Gasteiger partial charge in [-0.2, -0.15) is 10.4 Å². The fraction of sp³-hybridized carbons (Fsp3) is 0.286. The highest BCUT2D eigenvalue weighted by Gasteiger charge is 2.15. The van der Waals surface area contributed by atoms with Crippen LogP contribution in [0.15, 0.2) is 47.6 Å². The van der Waals surface area contributed by atoms with Crippen molar-refractivity contribution in [1.82, 2.24) is 4.90 Å². The van der Waals surface area contributed by atoms with Gasteiger partial charge in [0.25, 0.3) is 0 Å². The van der Waals surface area contributed by atoms with Crippen LogP contribution in [0.2, 0.25) is 10.0 Å². The number of rotatable bonds is 6. The number of benzene rings is 2. The largest absolute Gasteiger partial charge is 0.299 e. The smallest absolute Gasteiger partial charge is 0.223 e. The first-order chi connectivity index (χ1) is 13.5. The fourth-order valence-electron chi connectivity index (χ4n) is 3.14. The minimum Gasteiger partial charge on any atom is -0.299 e. The van der Waals surface area contributed by atoms with Crippen LogP contribution in [0.4, 0.5) is 5.69 Å². The second-order valence-corrected chi connectivity index (χ2v) is 7.58. The Hall–Kier alpha value is -2.39.